The summed E-state index contributed by atoms with van der Waals surface area (Å²) in [5, 5.41) is 9.05. The molecule has 1 aliphatic heterocycles. The van der Waals surface area contributed by atoms with Crippen molar-refractivity contribution in [1.29, 1.82) is 0 Å². The van der Waals surface area contributed by atoms with Gasteiger partial charge < -0.3 is 10.8 Å². The molecule has 60 valence electrons. The molecule has 3 N–H and O–H groups in total. The smallest absolute Gasteiger partial charge is 0.167 e. The summed E-state index contributed by atoms with van der Waals surface area (Å²) in [6.45, 7) is 0. The summed E-state index contributed by atoms with van der Waals surface area (Å²) in [4.78, 5) is 0. The molecule has 0 saturated carbocycles. The molecule has 0 unspecified atom stereocenters. The van der Waals surface area contributed by atoms with Gasteiger partial charge in [-0.25, -0.2) is 8.42 Å². The standard InChI is InChI=1S/C4H8BrNO3S/c5-4-3(7)2(6)1-10(4,8)9/h2-4,7H,1,6H2/t2-,3-,4+/m1/s1. The number of nitrogens with two attached hydrogens (primary N) is 1. The third-order valence-corrected chi connectivity index (χ3v) is 5.54. The Kier molecular flexibility index (Phi) is 2.06. The molecule has 0 radical (unpaired) electrons. The average molecular weight is 230 g/mol. The quantitative estimate of drug-likeness (QED) is 0.513. The van der Waals surface area contributed by atoms with E-state index >= 15 is 0 Å². The Morgan fingerprint density at radius 1 is 1.60 bits per heavy atom. The van der Waals surface area contributed by atoms with Crippen LogP contribution in [-0.4, -0.2) is 35.6 Å². The summed E-state index contributed by atoms with van der Waals surface area (Å²) in [5.74, 6) is -0.135. The molecule has 1 heterocycles. The van der Waals surface area contributed by atoms with Crippen molar-refractivity contribution in [2.45, 2.75) is 16.3 Å². The molecule has 0 aromatic heterocycles. The molecule has 1 fully saturated rings. The lowest BCUT2D eigenvalue weighted by atomic mass is 10.2. The number of alkyl halides is 1. The van der Waals surface area contributed by atoms with E-state index in [1.165, 1.54) is 0 Å². The van der Waals surface area contributed by atoms with E-state index in [-0.39, 0.29) is 5.75 Å². The van der Waals surface area contributed by atoms with Gasteiger partial charge in [-0.2, -0.15) is 0 Å². The monoisotopic (exact) mass is 229 g/mol. The molecule has 0 aliphatic carbocycles. The number of rotatable bonds is 0. The summed E-state index contributed by atoms with van der Waals surface area (Å²) in [7, 11) is -3.18. The fraction of sp³-hybridized carbons (Fsp3) is 1.00. The van der Waals surface area contributed by atoms with Gasteiger partial charge in [0.15, 0.2) is 9.84 Å². The Labute approximate surface area is 67.5 Å². The molecular formula is C4H8BrNO3S. The van der Waals surface area contributed by atoms with Crippen molar-refractivity contribution in [2.75, 3.05) is 5.75 Å². The van der Waals surface area contributed by atoms with E-state index in [9.17, 15) is 8.42 Å². The Hall–Kier alpha value is 0.350. The summed E-state index contributed by atoms with van der Waals surface area (Å²) in [6.07, 6.45) is -0.968. The second-order valence-corrected chi connectivity index (χ2v) is 6.09. The molecule has 6 heteroatoms. The first-order valence-electron chi connectivity index (χ1n) is 2.74. The van der Waals surface area contributed by atoms with Crippen LogP contribution in [0.1, 0.15) is 0 Å². The zero-order chi connectivity index (χ0) is 7.94. The summed E-state index contributed by atoms with van der Waals surface area (Å²) in [6, 6.07) is -0.644. The Bertz CT molecular complexity index is 227. The summed E-state index contributed by atoms with van der Waals surface area (Å²) >= 11 is 2.85. The predicted molar refractivity (Wildman–Crippen MR) is 40.5 cm³/mol. The van der Waals surface area contributed by atoms with E-state index in [4.69, 9.17) is 10.8 Å². The third-order valence-electron chi connectivity index (χ3n) is 1.48. The highest BCUT2D eigenvalue weighted by atomic mass is 79.9. The van der Waals surface area contributed by atoms with Gasteiger partial charge in [0.25, 0.3) is 0 Å². The van der Waals surface area contributed by atoms with Crippen LogP contribution in [0.5, 0.6) is 0 Å². The van der Waals surface area contributed by atoms with Crippen LogP contribution in [0.3, 0.4) is 0 Å². The van der Waals surface area contributed by atoms with Gasteiger partial charge in [-0.3, -0.25) is 0 Å². The van der Waals surface area contributed by atoms with Crippen LogP contribution in [-0.2, 0) is 9.84 Å². The van der Waals surface area contributed by atoms with Crippen LogP contribution in [0.25, 0.3) is 0 Å². The Morgan fingerprint density at radius 3 is 2.20 bits per heavy atom. The Balaban J connectivity index is 2.93. The summed E-state index contributed by atoms with van der Waals surface area (Å²) in [5.41, 5.74) is 5.29. The van der Waals surface area contributed by atoms with E-state index in [0.29, 0.717) is 0 Å². The van der Waals surface area contributed by atoms with E-state index in [0.717, 1.165) is 0 Å². The van der Waals surface area contributed by atoms with Crippen LogP contribution in [0.4, 0.5) is 0 Å². The van der Waals surface area contributed by atoms with Crippen LogP contribution in [0.15, 0.2) is 0 Å². The minimum atomic E-state index is -3.18. The van der Waals surface area contributed by atoms with E-state index < -0.39 is 26.1 Å². The van der Waals surface area contributed by atoms with Crippen molar-refractivity contribution in [1.82, 2.24) is 0 Å². The minimum Gasteiger partial charge on any atom is -0.389 e. The molecule has 0 aromatic rings. The van der Waals surface area contributed by atoms with E-state index in [2.05, 4.69) is 15.9 Å². The molecule has 0 amide bonds. The SMILES string of the molecule is N[C@@H]1CS(=O)(=O)[C@H](Br)[C@@H]1O. The van der Waals surface area contributed by atoms with Gasteiger partial charge in [-0.15, -0.1) is 0 Å². The zero-order valence-electron chi connectivity index (χ0n) is 5.07. The normalized spacial score (nSPS) is 45.7. The van der Waals surface area contributed by atoms with Crippen molar-refractivity contribution in [3.05, 3.63) is 0 Å². The van der Waals surface area contributed by atoms with Gasteiger partial charge in [0.2, 0.25) is 0 Å². The number of hydrogen-bond donors (Lipinski definition) is 2. The first-order chi connectivity index (χ1) is 4.45. The predicted octanol–water partition coefficient (Wildman–Crippen LogP) is -1.18. The molecule has 0 spiro atoms. The van der Waals surface area contributed by atoms with Gasteiger partial charge >= 0.3 is 0 Å². The molecule has 1 aliphatic rings. The van der Waals surface area contributed by atoms with Crippen molar-refractivity contribution in [3.8, 4) is 0 Å². The first-order valence-corrected chi connectivity index (χ1v) is 5.37. The molecule has 0 aromatic carbocycles. The maximum atomic E-state index is 10.9. The second-order valence-electron chi connectivity index (χ2n) is 2.34. The van der Waals surface area contributed by atoms with Crippen LogP contribution < -0.4 is 5.73 Å². The molecule has 10 heavy (non-hydrogen) atoms. The zero-order valence-corrected chi connectivity index (χ0v) is 7.47. The molecule has 1 rings (SSSR count). The Morgan fingerprint density at radius 2 is 2.10 bits per heavy atom. The number of halogens is 1. The molecular weight excluding hydrogens is 222 g/mol. The largest absolute Gasteiger partial charge is 0.389 e. The van der Waals surface area contributed by atoms with Crippen LogP contribution in [0.2, 0.25) is 0 Å². The highest BCUT2D eigenvalue weighted by molar-refractivity contribution is 9.11. The van der Waals surface area contributed by atoms with Crippen molar-refractivity contribution >= 4 is 25.8 Å². The van der Waals surface area contributed by atoms with Gasteiger partial charge in [0.05, 0.1) is 11.9 Å². The number of aliphatic hydroxyl groups excluding tert-OH is 1. The third kappa shape index (κ3) is 1.20. The van der Waals surface area contributed by atoms with Crippen molar-refractivity contribution in [2.24, 2.45) is 5.73 Å². The summed E-state index contributed by atoms with van der Waals surface area (Å²) < 4.78 is 20.9. The van der Waals surface area contributed by atoms with Gasteiger partial charge in [-0.1, -0.05) is 15.9 Å². The van der Waals surface area contributed by atoms with E-state index in [1.807, 2.05) is 0 Å². The maximum Gasteiger partial charge on any atom is 0.167 e. The van der Waals surface area contributed by atoms with E-state index in [1.54, 1.807) is 0 Å². The highest BCUT2D eigenvalue weighted by Gasteiger charge is 2.42. The lowest BCUT2D eigenvalue weighted by molar-refractivity contribution is 0.177. The topological polar surface area (TPSA) is 80.4 Å². The van der Waals surface area contributed by atoms with Gasteiger partial charge in [-0.05, 0) is 0 Å². The number of hydrogen-bond acceptors (Lipinski definition) is 4. The van der Waals surface area contributed by atoms with Crippen LogP contribution in [0, 0.1) is 0 Å². The average Bonchev–Trinajstić information content (AvgIpc) is 1.95. The molecule has 3 atom stereocenters. The van der Waals surface area contributed by atoms with Crippen molar-refractivity contribution in [3.63, 3.8) is 0 Å². The molecule has 0 bridgehead atoms. The lowest BCUT2D eigenvalue weighted by Gasteiger charge is -2.07. The first kappa shape index (κ1) is 8.45. The lowest BCUT2D eigenvalue weighted by Crippen LogP contribution is -2.34. The number of sulfone groups is 1. The molecule has 4 nitrogen and oxygen atoms in total. The maximum absolute atomic E-state index is 10.9. The second kappa shape index (κ2) is 2.44. The van der Waals surface area contributed by atoms with Gasteiger partial charge in [0, 0.05) is 6.04 Å². The highest BCUT2D eigenvalue weighted by Crippen LogP contribution is 2.24. The minimum absolute atomic E-state index is 0.135. The van der Waals surface area contributed by atoms with Gasteiger partial charge in [0.1, 0.15) is 4.16 Å². The fourth-order valence-electron chi connectivity index (χ4n) is 0.866. The number of aliphatic hydroxyl groups is 1. The molecule has 1 saturated heterocycles. The fourth-order valence-corrected chi connectivity index (χ4v) is 3.26. The van der Waals surface area contributed by atoms with Crippen LogP contribution >= 0.6 is 15.9 Å². The van der Waals surface area contributed by atoms with Crippen molar-refractivity contribution < 1.29 is 13.5 Å².